The summed E-state index contributed by atoms with van der Waals surface area (Å²) in [5, 5.41) is 9.53. The first-order valence-corrected chi connectivity index (χ1v) is 13.6. The Kier molecular flexibility index (Phi) is 9.13. The molecule has 1 N–H and O–H groups in total. The quantitative estimate of drug-likeness (QED) is 0.373. The van der Waals surface area contributed by atoms with Gasteiger partial charge in [0.2, 0.25) is 0 Å². The lowest BCUT2D eigenvalue weighted by Crippen LogP contribution is -2.48. The van der Waals surface area contributed by atoms with Crippen molar-refractivity contribution in [3.05, 3.63) is 35.9 Å². The summed E-state index contributed by atoms with van der Waals surface area (Å²) >= 11 is 1.76. The van der Waals surface area contributed by atoms with Crippen LogP contribution in [-0.4, -0.2) is 75.7 Å². The molecule has 0 aliphatic carbocycles. The molecule has 0 spiro atoms. The van der Waals surface area contributed by atoms with E-state index in [0.29, 0.717) is 38.3 Å². The molecule has 9 heteroatoms. The highest BCUT2D eigenvalue weighted by molar-refractivity contribution is 8.00. The van der Waals surface area contributed by atoms with Crippen LogP contribution in [0.3, 0.4) is 0 Å². The highest BCUT2D eigenvalue weighted by Crippen LogP contribution is 2.39. The lowest BCUT2D eigenvalue weighted by Gasteiger charge is -2.44. The molecular weight excluding hydrogens is 463 g/mol. The third-order valence-electron chi connectivity index (χ3n) is 6.81. The molecule has 0 aromatic carbocycles. The number of nitrogens with zero attached hydrogens (tertiary/aromatic N) is 3. The summed E-state index contributed by atoms with van der Waals surface area (Å²) in [5.41, 5.74) is -2.04. The molecule has 3 atom stereocenters. The Morgan fingerprint density at radius 1 is 1.27 bits per heavy atom. The van der Waals surface area contributed by atoms with Crippen molar-refractivity contribution < 1.29 is 18.7 Å². The molecule has 1 amide bonds. The molecule has 0 saturated carbocycles. The molecule has 3 unspecified atom stereocenters. The van der Waals surface area contributed by atoms with Gasteiger partial charge in [0, 0.05) is 51.1 Å². The molecule has 5 nitrogen and oxygen atoms in total. The number of hydrogen-bond acceptors (Lipinski definition) is 5. The van der Waals surface area contributed by atoms with Crippen LogP contribution in [0.15, 0.2) is 35.9 Å². The van der Waals surface area contributed by atoms with Gasteiger partial charge in [-0.1, -0.05) is 22.7 Å². The van der Waals surface area contributed by atoms with Crippen molar-refractivity contribution in [3.63, 3.8) is 0 Å². The topological polar surface area (TPSA) is 47.0 Å². The van der Waals surface area contributed by atoms with Gasteiger partial charge in [0.15, 0.2) is 0 Å². The average molecular weight is 502 g/mol. The normalized spacial score (nSPS) is 25.1. The predicted molar refractivity (Wildman–Crippen MR) is 135 cm³/mol. The van der Waals surface area contributed by atoms with E-state index in [2.05, 4.69) is 23.3 Å². The second kappa shape index (κ2) is 11.4. The highest BCUT2D eigenvalue weighted by atomic mass is 32.2. The molecule has 2 saturated heterocycles. The number of likely N-dealkylation sites (tertiary alicyclic amines) is 2. The Bertz CT molecular complexity index is 778. The summed E-state index contributed by atoms with van der Waals surface area (Å²) < 4.78 is 27.3. The fraction of sp³-hybridized carbons (Fsp3) is 0.708. The lowest BCUT2D eigenvalue weighted by atomic mass is 9.94. The first kappa shape index (κ1) is 26.3. The Morgan fingerprint density at radius 3 is 2.58 bits per heavy atom. The minimum atomic E-state index is -2.77. The van der Waals surface area contributed by atoms with Crippen molar-refractivity contribution in [1.29, 1.82) is 0 Å². The standard InChI is InChI=1S/C24H38F2N3O2PS/c1-4-14-33-23-20(22(31)28-12-9-19(10-13-28)24(25,26)32)7-8-21(27(23)3)29-11-5-6-18(16-29)15-17(2)30/h7-8,18-19,23,30H,2,4-6,9-16,32H2,1,3H3. The van der Waals surface area contributed by atoms with Crippen LogP contribution in [0.1, 0.15) is 45.4 Å². The van der Waals surface area contributed by atoms with E-state index in [1.807, 2.05) is 19.2 Å². The Morgan fingerprint density at radius 2 is 1.97 bits per heavy atom. The van der Waals surface area contributed by atoms with Crippen molar-refractivity contribution in [2.75, 3.05) is 39.0 Å². The number of halogens is 2. The van der Waals surface area contributed by atoms with E-state index in [-0.39, 0.29) is 17.0 Å². The number of carbonyl (C=O) groups excluding carboxylic acids is 1. The fourth-order valence-corrected chi connectivity index (χ4v) is 6.54. The maximum Gasteiger partial charge on any atom is 0.261 e. The zero-order chi connectivity index (χ0) is 24.2. The van der Waals surface area contributed by atoms with Crippen molar-refractivity contribution >= 4 is 26.9 Å². The number of aliphatic hydroxyl groups is 1. The lowest BCUT2D eigenvalue weighted by molar-refractivity contribution is -0.130. The molecule has 186 valence electrons. The number of allylic oxidation sites excluding steroid dienone is 3. The van der Waals surface area contributed by atoms with Crippen molar-refractivity contribution in [1.82, 2.24) is 14.7 Å². The second-order valence-electron chi connectivity index (χ2n) is 9.45. The third-order valence-corrected chi connectivity index (χ3v) is 8.81. The minimum absolute atomic E-state index is 0.0376. The number of piperidine rings is 2. The summed E-state index contributed by atoms with van der Waals surface area (Å²) in [6.07, 6.45) is 8.37. The number of likely N-dealkylation sites (N-methyl/N-ethyl adjacent to an activating group) is 1. The van der Waals surface area contributed by atoms with Crippen LogP contribution in [0.25, 0.3) is 0 Å². The van der Waals surface area contributed by atoms with Crippen LogP contribution in [0, 0.1) is 11.8 Å². The Hall–Kier alpha value is -1.27. The molecule has 3 aliphatic rings. The number of amides is 1. The number of hydrogen-bond donors (Lipinski definition) is 1. The van der Waals surface area contributed by atoms with E-state index in [1.54, 1.807) is 25.9 Å². The van der Waals surface area contributed by atoms with Gasteiger partial charge in [-0.25, -0.2) is 8.78 Å². The van der Waals surface area contributed by atoms with Gasteiger partial charge in [0.25, 0.3) is 11.6 Å². The number of aliphatic hydroxyl groups excluding tert-OH is 1. The van der Waals surface area contributed by atoms with Crippen LogP contribution < -0.4 is 0 Å². The van der Waals surface area contributed by atoms with Crippen molar-refractivity contribution in [2.24, 2.45) is 11.8 Å². The molecule has 2 fully saturated rings. The summed E-state index contributed by atoms with van der Waals surface area (Å²) in [5.74, 6) is 1.91. The van der Waals surface area contributed by atoms with Gasteiger partial charge in [-0.15, -0.1) is 11.8 Å². The Labute approximate surface area is 203 Å². The smallest absolute Gasteiger partial charge is 0.261 e. The summed E-state index contributed by atoms with van der Waals surface area (Å²) in [6.45, 7) is 8.33. The van der Waals surface area contributed by atoms with E-state index >= 15 is 0 Å². The average Bonchev–Trinajstić information content (AvgIpc) is 2.77. The van der Waals surface area contributed by atoms with E-state index in [0.717, 1.165) is 49.5 Å². The van der Waals surface area contributed by atoms with E-state index in [1.165, 1.54) is 0 Å². The van der Waals surface area contributed by atoms with Gasteiger partial charge in [-0.3, -0.25) is 4.79 Å². The molecule has 0 aromatic heterocycles. The first-order valence-electron chi connectivity index (χ1n) is 12.0. The van der Waals surface area contributed by atoms with E-state index < -0.39 is 11.6 Å². The van der Waals surface area contributed by atoms with E-state index in [4.69, 9.17) is 0 Å². The maximum atomic E-state index is 13.7. The largest absolute Gasteiger partial charge is 0.513 e. The Balaban J connectivity index is 1.76. The number of rotatable bonds is 8. The molecular formula is C24H38F2N3O2PS. The van der Waals surface area contributed by atoms with Gasteiger partial charge < -0.3 is 19.8 Å². The third kappa shape index (κ3) is 6.66. The van der Waals surface area contributed by atoms with Crippen LogP contribution >= 0.6 is 21.0 Å². The van der Waals surface area contributed by atoms with Crippen LogP contribution in [0.2, 0.25) is 0 Å². The van der Waals surface area contributed by atoms with Crippen LogP contribution in [-0.2, 0) is 4.79 Å². The van der Waals surface area contributed by atoms with Gasteiger partial charge in [-0.05, 0) is 55.9 Å². The van der Waals surface area contributed by atoms with Crippen LogP contribution in [0.4, 0.5) is 8.78 Å². The van der Waals surface area contributed by atoms with Gasteiger partial charge in [0.1, 0.15) is 11.2 Å². The van der Waals surface area contributed by atoms with E-state index in [9.17, 15) is 18.7 Å². The molecule has 3 aliphatic heterocycles. The zero-order valence-corrected chi connectivity index (χ0v) is 21.8. The predicted octanol–water partition coefficient (Wildman–Crippen LogP) is 5.05. The molecule has 3 rings (SSSR count). The minimum Gasteiger partial charge on any atom is -0.513 e. The highest BCUT2D eigenvalue weighted by Gasteiger charge is 2.40. The number of alkyl halides is 2. The number of carbonyl (C=O) groups is 1. The van der Waals surface area contributed by atoms with Crippen molar-refractivity contribution in [3.8, 4) is 0 Å². The van der Waals surface area contributed by atoms with Gasteiger partial charge in [0.05, 0.1) is 5.76 Å². The maximum absolute atomic E-state index is 13.7. The first-order chi connectivity index (χ1) is 15.6. The fourth-order valence-electron chi connectivity index (χ4n) is 5.05. The summed E-state index contributed by atoms with van der Waals surface area (Å²) in [6, 6.07) is 0. The SMILES string of the molecule is C=C(O)CC1CCCN(C2=CC=C(C(=O)N3CCC(C(F)(F)P)CC3)C(SCCC)N2C)C1. The van der Waals surface area contributed by atoms with Gasteiger partial charge in [-0.2, -0.15) is 0 Å². The van der Waals surface area contributed by atoms with Crippen LogP contribution in [0.5, 0.6) is 0 Å². The number of thioether (sulfide) groups is 1. The van der Waals surface area contributed by atoms with Gasteiger partial charge >= 0.3 is 0 Å². The molecule has 0 aromatic rings. The van der Waals surface area contributed by atoms with Crippen molar-refractivity contribution in [2.45, 2.75) is 56.5 Å². The molecule has 0 radical (unpaired) electrons. The summed E-state index contributed by atoms with van der Waals surface area (Å²) in [4.78, 5) is 19.7. The molecule has 33 heavy (non-hydrogen) atoms. The zero-order valence-electron chi connectivity index (χ0n) is 19.8. The second-order valence-corrected chi connectivity index (χ2v) is 11.4. The summed E-state index contributed by atoms with van der Waals surface area (Å²) in [7, 11) is 3.69. The monoisotopic (exact) mass is 501 g/mol. The molecule has 0 bridgehead atoms. The molecule has 3 heterocycles.